The summed E-state index contributed by atoms with van der Waals surface area (Å²) >= 11 is 0. The predicted molar refractivity (Wildman–Crippen MR) is 39.9 cm³/mol. The van der Waals surface area contributed by atoms with Crippen molar-refractivity contribution in [2.24, 2.45) is 5.41 Å². The van der Waals surface area contributed by atoms with Gasteiger partial charge in [0.05, 0.1) is 6.42 Å². The zero-order valence-corrected chi connectivity index (χ0v) is 6.38. The number of rotatable bonds is 3. The van der Waals surface area contributed by atoms with Crippen LogP contribution in [0, 0.1) is 5.41 Å². The SMILES string of the molecule is C=C[C@]1(CCO)COC(=O)C1. The number of cyclic esters (lactones) is 1. The second kappa shape index (κ2) is 3.05. The van der Waals surface area contributed by atoms with Gasteiger partial charge in [0, 0.05) is 12.0 Å². The van der Waals surface area contributed by atoms with Gasteiger partial charge in [-0.2, -0.15) is 0 Å². The molecule has 0 radical (unpaired) electrons. The molecule has 0 aromatic rings. The normalized spacial score (nSPS) is 30.1. The average molecular weight is 156 g/mol. The molecular formula is C8H12O3. The van der Waals surface area contributed by atoms with Crippen LogP contribution >= 0.6 is 0 Å². The maximum absolute atomic E-state index is 10.7. The summed E-state index contributed by atoms with van der Waals surface area (Å²) in [5.41, 5.74) is -0.300. The lowest BCUT2D eigenvalue weighted by atomic mass is 9.84. The van der Waals surface area contributed by atoms with E-state index >= 15 is 0 Å². The quantitative estimate of drug-likeness (QED) is 0.477. The Hall–Kier alpha value is -0.830. The number of carbonyl (C=O) groups is 1. The maximum Gasteiger partial charge on any atom is 0.306 e. The van der Waals surface area contributed by atoms with Gasteiger partial charge in [-0.3, -0.25) is 4.79 Å². The molecule has 1 rings (SSSR count). The number of hydrogen-bond donors (Lipinski definition) is 1. The Balaban J connectivity index is 2.61. The Morgan fingerprint density at radius 2 is 2.55 bits per heavy atom. The molecule has 3 nitrogen and oxygen atoms in total. The van der Waals surface area contributed by atoms with Crippen molar-refractivity contribution >= 4 is 5.97 Å². The van der Waals surface area contributed by atoms with Crippen LogP contribution in [0.3, 0.4) is 0 Å². The molecule has 0 amide bonds. The highest BCUT2D eigenvalue weighted by molar-refractivity contribution is 5.73. The van der Waals surface area contributed by atoms with Gasteiger partial charge >= 0.3 is 5.97 Å². The van der Waals surface area contributed by atoms with E-state index in [2.05, 4.69) is 6.58 Å². The molecule has 1 saturated heterocycles. The summed E-state index contributed by atoms with van der Waals surface area (Å²) in [5.74, 6) is -0.196. The molecule has 0 spiro atoms. The molecule has 62 valence electrons. The van der Waals surface area contributed by atoms with Crippen LogP contribution in [0.15, 0.2) is 12.7 Å². The van der Waals surface area contributed by atoms with Gasteiger partial charge in [0.2, 0.25) is 0 Å². The zero-order valence-electron chi connectivity index (χ0n) is 6.38. The number of hydrogen-bond acceptors (Lipinski definition) is 3. The van der Waals surface area contributed by atoms with Crippen molar-refractivity contribution in [1.29, 1.82) is 0 Å². The Bertz CT molecular complexity index is 176. The van der Waals surface area contributed by atoms with E-state index in [1.54, 1.807) is 6.08 Å². The van der Waals surface area contributed by atoms with E-state index < -0.39 is 0 Å². The van der Waals surface area contributed by atoms with E-state index in [9.17, 15) is 4.79 Å². The number of ether oxygens (including phenoxy) is 1. The van der Waals surface area contributed by atoms with Crippen LogP contribution in [0.5, 0.6) is 0 Å². The molecule has 1 aliphatic heterocycles. The molecule has 0 aromatic carbocycles. The highest BCUT2D eigenvalue weighted by Crippen LogP contribution is 2.33. The summed E-state index contributed by atoms with van der Waals surface area (Å²) in [4.78, 5) is 10.7. The lowest BCUT2D eigenvalue weighted by Gasteiger charge is -2.18. The molecular weight excluding hydrogens is 144 g/mol. The second-order valence-electron chi connectivity index (χ2n) is 2.88. The van der Waals surface area contributed by atoms with Crippen LogP contribution in [0.2, 0.25) is 0 Å². The van der Waals surface area contributed by atoms with Gasteiger partial charge in [0.15, 0.2) is 0 Å². The fraction of sp³-hybridized carbons (Fsp3) is 0.625. The van der Waals surface area contributed by atoms with E-state index in [0.717, 1.165) is 0 Å². The first-order chi connectivity index (χ1) is 5.22. The molecule has 0 aromatic heterocycles. The van der Waals surface area contributed by atoms with Crippen molar-refractivity contribution in [3.8, 4) is 0 Å². The van der Waals surface area contributed by atoms with Crippen LogP contribution in [0.4, 0.5) is 0 Å². The van der Waals surface area contributed by atoms with E-state index in [1.807, 2.05) is 0 Å². The Morgan fingerprint density at radius 3 is 2.91 bits per heavy atom. The summed E-state index contributed by atoms with van der Waals surface area (Å²) in [6.07, 6.45) is 2.62. The molecule has 1 fully saturated rings. The van der Waals surface area contributed by atoms with Gasteiger partial charge in [-0.1, -0.05) is 6.08 Å². The van der Waals surface area contributed by atoms with Gasteiger partial charge in [-0.05, 0) is 6.42 Å². The monoisotopic (exact) mass is 156 g/mol. The molecule has 11 heavy (non-hydrogen) atoms. The predicted octanol–water partition coefficient (Wildman–Crippen LogP) is 0.488. The van der Waals surface area contributed by atoms with Gasteiger partial charge < -0.3 is 9.84 Å². The van der Waals surface area contributed by atoms with Crippen molar-refractivity contribution in [2.75, 3.05) is 13.2 Å². The van der Waals surface area contributed by atoms with Crippen molar-refractivity contribution < 1.29 is 14.6 Å². The number of aliphatic hydroxyl groups excluding tert-OH is 1. The van der Waals surface area contributed by atoms with E-state index in [4.69, 9.17) is 9.84 Å². The summed E-state index contributed by atoms with van der Waals surface area (Å²) in [7, 11) is 0. The van der Waals surface area contributed by atoms with Crippen LogP contribution in [-0.4, -0.2) is 24.3 Å². The first kappa shape index (κ1) is 8.27. The fourth-order valence-electron chi connectivity index (χ4n) is 1.23. The first-order valence-corrected chi connectivity index (χ1v) is 3.62. The molecule has 3 heteroatoms. The van der Waals surface area contributed by atoms with Crippen LogP contribution in [0.25, 0.3) is 0 Å². The highest BCUT2D eigenvalue weighted by Gasteiger charge is 2.36. The van der Waals surface area contributed by atoms with E-state index in [-0.39, 0.29) is 18.0 Å². The van der Waals surface area contributed by atoms with Crippen molar-refractivity contribution in [3.63, 3.8) is 0 Å². The minimum atomic E-state index is -0.300. The van der Waals surface area contributed by atoms with Gasteiger partial charge in [0.25, 0.3) is 0 Å². The van der Waals surface area contributed by atoms with Crippen LogP contribution < -0.4 is 0 Å². The molecule has 0 saturated carbocycles. The zero-order chi connectivity index (χ0) is 8.32. The third-order valence-corrected chi connectivity index (χ3v) is 2.06. The second-order valence-corrected chi connectivity index (χ2v) is 2.88. The van der Waals surface area contributed by atoms with Gasteiger partial charge in [-0.25, -0.2) is 0 Å². The number of esters is 1. The van der Waals surface area contributed by atoms with Crippen molar-refractivity contribution in [1.82, 2.24) is 0 Å². The number of carbonyl (C=O) groups excluding carboxylic acids is 1. The summed E-state index contributed by atoms with van der Waals surface area (Å²) < 4.78 is 4.79. The van der Waals surface area contributed by atoms with Gasteiger partial charge in [-0.15, -0.1) is 6.58 Å². The Labute approximate surface area is 65.7 Å². The smallest absolute Gasteiger partial charge is 0.306 e. The Morgan fingerprint density at radius 1 is 1.82 bits per heavy atom. The lowest BCUT2D eigenvalue weighted by molar-refractivity contribution is -0.137. The Kier molecular flexibility index (Phi) is 2.29. The van der Waals surface area contributed by atoms with Crippen molar-refractivity contribution in [3.05, 3.63) is 12.7 Å². The third kappa shape index (κ3) is 1.60. The van der Waals surface area contributed by atoms with Crippen molar-refractivity contribution in [2.45, 2.75) is 12.8 Å². The van der Waals surface area contributed by atoms with Gasteiger partial charge in [0.1, 0.15) is 6.61 Å². The highest BCUT2D eigenvalue weighted by atomic mass is 16.5. The molecule has 0 unspecified atom stereocenters. The minimum absolute atomic E-state index is 0.0721. The molecule has 1 N–H and O–H groups in total. The topological polar surface area (TPSA) is 46.5 Å². The first-order valence-electron chi connectivity index (χ1n) is 3.62. The molecule has 0 aliphatic carbocycles. The molecule has 0 bridgehead atoms. The summed E-state index contributed by atoms with van der Waals surface area (Å²) in [6.45, 7) is 4.07. The maximum atomic E-state index is 10.7. The molecule has 1 atom stereocenters. The fourth-order valence-corrected chi connectivity index (χ4v) is 1.23. The van der Waals surface area contributed by atoms with E-state index in [0.29, 0.717) is 19.4 Å². The minimum Gasteiger partial charge on any atom is -0.465 e. The summed E-state index contributed by atoms with van der Waals surface area (Å²) in [5, 5.41) is 8.69. The van der Waals surface area contributed by atoms with Crippen LogP contribution in [0.1, 0.15) is 12.8 Å². The van der Waals surface area contributed by atoms with Crippen LogP contribution in [-0.2, 0) is 9.53 Å². The third-order valence-electron chi connectivity index (χ3n) is 2.06. The standard InChI is InChI=1S/C8H12O3/c1-2-8(3-4-9)5-7(10)11-6-8/h2,9H,1,3-6H2/t8-/m1/s1. The molecule has 1 aliphatic rings. The number of aliphatic hydroxyl groups is 1. The molecule has 1 heterocycles. The average Bonchev–Trinajstić information content (AvgIpc) is 2.34. The summed E-state index contributed by atoms with van der Waals surface area (Å²) in [6, 6.07) is 0. The largest absolute Gasteiger partial charge is 0.465 e. The van der Waals surface area contributed by atoms with E-state index in [1.165, 1.54) is 0 Å². The lowest BCUT2D eigenvalue weighted by Crippen LogP contribution is -2.19.